The Hall–Kier alpha value is -1.26. The topological polar surface area (TPSA) is 67.9 Å². The molecule has 1 rings (SSSR count). The molecule has 1 heterocycles. The van der Waals surface area contributed by atoms with Crippen molar-refractivity contribution in [3.8, 4) is 0 Å². The van der Waals surface area contributed by atoms with Crippen molar-refractivity contribution in [3.63, 3.8) is 0 Å². The normalized spacial score (nSPS) is 27.3. The van der Waals surface area contributed by atoms with E-state index in [1.54, 1.807) is 6.92 Å². The molecular formula is C7H11N3O2. The Balaban J connectivity index is 3.02. The summed E-state index contributed by atoms with van der Waals surface area (Å²) in [5.74, 6) is 0. The molecule has 1 aliphatic rings. The van der Waals surface area contributed by atoms with E-state index in [9.17, 15) is 10.1 Å². The Kier molecular flexibility index (Phi) is 2.21. The lowest BCUT2D eigenvalue weighted by molar-refractivity contribution is -0.545. The first-order valence-corrected chi connectivity index (χ1v) is 3.92. The summed E-state index contributed by atoms with van der Waals surface area (Å²) in [7, 11) is 0. The number of rotatable bonds is 3. The van der Waals surface area contributed by atoms with Gasteiger partial charge in [0.25, 0.3) is 0 Å². The maximum Gasteiger partial charge on any atom is 0.352 e. The van der Waals surface area contributed by atoms with Crippen LogP contribution in [0.25, 0.3) is 0 Å². The summed E-state index contributed by atoms with van der Waals surface area (Å²) in [6.45, 7) is 3.60. The number of nitrogens with zero attached hydrogens (tertiary/aromatic N) is 3. The van der Waals surface area contributed by atoms with Gasteiger partial charge in [-0.1, -0.05) is 13.8 Å². The molecule has 0 radical (unpaired) electrons. The highest BCUT2D eigenvalue weighted by Gasteiger charge is 2.47. The zero-order chi connectivity index (χ0) is 9.19. The maximum absolute atomic E-state index is 10.7. The van der Waals surface area contributed by atoms with Crippen LogP contribution < -0.4 is 0 Å². The Morgan fingerprint density at radius 3 is 2.67 bits per heavy atom. The lowest BCUT2D eigenvalue weighted by Gasteiger charge is -2.15. The van der Waals surface area contributed by atoms with Crippen molar-refractivity contribution < 1.29 is 4.92 Å². The van der Waals surface area contributed by atoms with Crippen LogP contribution in [0.1, 0.15) is 26.7 Å². The van der Waals surface area contributed by atoms with E-state index in [0.29, 0.717) is 18.6 Å². The molecule has 12 heavy (non-hydrogen) atoms. The quantitative estimate of drug-likeness (QED) is 0.471. The lowest BCUT2D eigenvalue weighted by atomic mass is 10.0. The zero-order valence-corrected chi connectivity index (χ0v) is 7.15. The molecule has 5 heteroatoms. The van der Waals surface area contributed by atoms with E-state index in [2.05, 4.69) is 9.98 Å². The van der Waals surface area contributed by atoms with E-state index in [-0.39, 0.29) is 4.92 Å². The Morgan fingerprint density at radius 1 is 1.67 bits per heavy atom. The largest absolute Gasteiger partial charge is 0.352 e. The van der Waals surface area contributed by atoms with Crippen molar-refractivity contribution in [1.29, 1.82) is 0 Å². The van der Waals surface area contributed by atoms with Gasteiger partial charge in [-0.3, -0.25) is 10.1 Å². The van der Waals surface area contributed by atoms with Gasteiger partial charge in [0.2, 0.25) is 0 Å². The standard InChI is InChI=1S/C7H11N3O2/c1-3-6-7(4-2,10(11)12)9-5-8-6/h5H,3-4H2,1-2H3. The fraction of sp³-hybridized carbons (Fsp3) is 0.714. The molecule has 0 aromatic carbocycles. The number of nitro groups is 1. The summed E-state index contributed by atoms with van der Waals surface area (Å²) in [5, 5.41) is 10.7. The van der Waals surface area contributed by atoms with Gasteiger partial charge in [-0.2, -0.15) is 4.99 Å². The van der Waals surface area contributed by atoms with E-state index >= 15 is 0 Å². The first-order valence-electron chi connectivity index (χ1n) is 3.92. The Labute approximate surface area is 70.4 Å². The number of aliphatic imine (C=N–C) groups is 2. The third-order valence-electron chi connectivity index (χ3n) is 2.08. The highest BCUT2D eigenvalue weighted by Crippen LogP contribution is 2.24. The molecule has 0 N–H and O–H groups in total. The minimum atomic E-state index is -1.26. The lowest BCUT2D eigenvalue weighted by Crippen LogP contribution is -2.41. The van der Waals surface area contributed by atoms with Crippen LogP contribution in [0.3, 0.4) is 0 Å². The molecule has 0 saturated heterocycles. The van der Waals surface area contributed by atoms with Gasteiger partial charge in [0.05, 0.1) is 4.92 Å². The molecule has 1 unspecified atom stereocenters. The highest BCUT2D eigenvalue weighted by atomic mass is 16.6. The zero-order valence-electron chi connectivity index (χ0n) is 7.15. The molecule has 0 bridgehead atoms. The molecule has 66 valence electrons. The second-order valence-corrected chi connectivity index (χ2v) is 2.60. The van der Waals surface area contributed by atoms with Gasteiger partial charge >= 0.3 is 5.66 Å². The fourth-order valence-corrected chi connectivity index (χ4v) is 1.32. The van der Waals surface area contributed by atoms with Crippen molar-refractivity contribution in [3.05, 3.63) is 10.1 Å². The molecule has 5 nitrogen and oxygen atoms in total. The van der Waals surface area contributed by atoms with Crippen molar-refractivity contribution in [2.45, 2.75) is 32.4 Å². The van der Waals surface area contributed by atoms with Crippen LogP contribution in [0.4, 0.5) is 0 Å². The fourth-order valence-electron chi connectivity index (χ4n) is 1.32. The first kappa shape index (κ1) is 8.83. The molecule has 0 amide bonds. The molecule has 0 aromatic heterocycles. The van der Waals surface area contributed by atoms with Crippen molar-refractivity contribution in [2.75, 3.05) is 0 Å². The van der Waals surface area contributed by atoms with Crippen LogP contribution in [0.2, 0.25) is 0 Å². The highest BCUT2D eigenvalue weighted by molar-refractivity contribution is 6.00. The predicted molar refractivity (Wildman–Crippen MR) is 46.2 cm³/mol. The predicted octanol–water partition coefficient (Wildman–Crippen LogP) is 1.26. The molecule has 1 atom stereocenters. The van der Waals surface area contributed by atoms with Gasteiger partial charge in [-0.05, 0) is 6.42 Å². The van der Waals surface area contributed by atoms with Gasteiger partial charge in [0.1, 0.15) is 12.1 Å². The molecule has 1 aliphatic heterocycles. The summed E-state index contributed by atoms with van der Waals surface area (Å²) in [4.78, 5) is 18.1. The van der Waals surface area contributed by atoms with Crippen LogP contribution in [0.15, 0.2) is 9.98 Å². The average molecular weight is 169 g/mol. The van der Waals surface area contributed by atoms with E-state index in [1.165, 1.54) is 6.34 Å². The van der Waals surface area contributed by atoms with E-state index in [4.69, 9.17) is 0 Å². The monoisotopic (exact) mass is 169 g/mol. The van der Waals surface area contributed by atoms with E-state index in [1.807, 2.05) is 6.92 Å². The van der Waals surface area contributed by atoms with Gasteiger partial charge in [0, 0.05) is 6.42 Å². The number of hydrogen-bond acceptors (Lipinski definition) is 4. The molecule has 0 fully saturated rings. The maximum atomic E-state index is 10.7. The second kappa shape index (κ2) is 3.00. The smallest absolute Gasteiger partial charge is 0.262 e. The van der Waals surface area contributed by atoms with Crippen molar-refractivity contribution >= 4 is 12.1 Å². The van der Waals surface area contributed by atoms with Gasteiger partial charge in [0.15, 0.2) is 0 Å². The summed E-state index contributed by atoms with van der Waals surface area (Å²) in [5.41, 5.74) is -0.704. The van der Waals surface area contributed by atoms with E-state index in [0.717, 1.165) is 0 Å². The Morgan fingerprint density at radius 2 is 2.33 bits per heavy atom. The average Bonchev–Trinajstić information content (AvgIpc) is 2.47. The minimum Gasteiger partial charge on any atom is -0.262 e. The van der Waals surface area contributed by atoms with Gasteiger partial charge in [-0.15, -0.1) is 0 Å². The van der Waals surface area contributed by atoms with Crippen LogP contribution in [0.5, 0.6) is 0 Å². The SMILES string of the molecule is CCC1=NC=NC1(CC)[N+](=O)[O-]. The van der Waals surface area contributed by atoms with Gasteiger partial charge < -0.3 is 0 Å². The number of hydrogen-bond donors (Lipinski definition) is 0. The second-order valence-electron chi connectivity index (χ2n) is 2.60. The third kappa shape index (κ3) is 1.01. The van der Waals surface area contributed by atoms with Crippen LogP contribution in [0, 0.1) is 10.1 Å². The molecule has 0 spiro atoms. The van der Waals surface area contributed by atoms with Crippen LogP contribution in [-0.2, 0) is 0 Å². The molecular weight excluding hydrogens is 158 g/mol. The Bertz CT molecular complexity index is 259. The summed E-state index contributed by atoms with van der Waals surface area (Å²) in [6, 6.07) is 0. The van der Waals surface area contributed by atoms with Crippen LogP contribution >= 0.6 is 0 Å². The van der Waals surface area contributed by atoms with Gasteiger partial charge in [-0.25, -0.2) is 4.99 Å². The molecule has 0 aliphatic carbocycles. The summed E-state index contributed by atoms with van der Waals surface area (Å²) in [6.07, 6.45) is 2.23. The minimum absolute atomic E-state index is 0.362. The summed E-state index contributed by atoms with van der Waals surface area (Å²) >= 11 is 0. The molecule has 0 aromatic rings. The van der Waals surface area contributed by atoms with E-state index < -0.39 is 5.66 Å². The summed E-state index contributed by atoms with van der Waals surface area (Å²) < 4.78 is 0. The van der Waals surface area contributed by atoms with Crippen molar-refractivity contribution in [1.82, 2.24) is 0 Å². The molecule has 0 saturated carbocycles. The van der Waals surface area contributed by atoms with Crippen molar-refractivity contribution in [2.24, 2.45) is 9.98 Å². The van der Waals surface area contributed by atoms with Crippen LogP contribution in [-0.4, -0.2) is 22.6 Å². The first-order chi connectivity index (χ1) is 5.67. The third-order valence-corrected chi connectivity index (χ3v) is 2.08.